The van der Waals surface area contributed by atoms with E-state index in [9.17, 15) is 4.79 Å². The van der Waals surface area contributed by atoms with Gasteiger partial charge >= 0.3 is 0 Å². The zero-order chi connectivity index (χ0) is 15.8. The van der Waals surface area contributed by atoms with Crippen molar-refractivity contribution in [2.75, 3.05) is 19.8 Å². The van der Waals surface area contributed by atoms with Gasteiger partial charge in [0, 0.05) is 25.8 Å². The van der Waals surface area contributed by atoms with Gasteiger partial charge in [-0.15, -0.1) is 0 Å². The molecule has 5 nitrogen and oxygen atoms in total. The number of carbonyl (C=O) groups is 1. The van der Waals surface area contributed by atoms with Crippen molar-refractivity contribution in [3.05, 3.63) is 35.9 Å². The Morgan fingerprint density at radius 2 is 2.09 bits per heavy atom. The molecule has 1 heterocycles. The summed E-state index contributed by atoms with van der Waals surface area (Å²) in [6, 6.07) is 10.2. The number of ether oxygens (including phenoxy) is 1. The van der Waals surface area contributed by atoms with Crippen LogP contribution in [0, 0.1) is 5.92 Å². The second-order valence-electron chi connectivity index (χ2n) is 6.15. The van der Waals surface area contributed by atoms with Gasteiger partial charge in [-0.1, -0.05) is 44.2 Å². The van der Waals surface area contributed by atoms with Gasteiger partial charge in [0.15, 0.2) is 0 Å². The molecule has 1 saturated heterocycles. The molecular weight excluding hydrogens is 278 g/mol. The molecule has 2 unspecified atom stereocenters. The third kappa shape index (κ3) is 5.40. The minimum Gasteiger partial charge on any atom is -0.381 e. The lowest BCUT2D eigenvalue weighted by atomic mass is 10.0. The van der Waals surface area contributed by atoms with Crippen molar-refractivity contribution in [2.24, 2.45) is 5.92 Å². The summed E-state index contributed by atoms with van der Waals surface area (Å²) >= 11 is 0. The summed E-state index contributed by atoms with van der Waals surface area (Å²) in [5.41, 5.74) is 7.47. The maximum Gasteiger partial charge on any atom is 0.238 e. The quantitative estimate of drug-likeness (QED) is 0.641. The number of amides is 1. The average Bonchev–Trinajstić information content (AvgIpc) is 3.01. The summed E-state index contributed by atoms with van der Waals surface area (Å²) in [6.45, 7) is 6.39. The van der Waals surface area contributed by atoms with Crippen LogP contribution < -0.4 is 16.2 Å². The number of nitrogens with one attached hydrogen (secondary N) is 3. The van der Waals surface area contributed by atoms with Crippen molar-refractivity contribution in [3.63, 3.8) is 0 Å². The minimum absolute atomic E-state index is 0.0507. The van der Waals surface area contributed by atoms with Crippen LogP contribution in [0.5, 0.6) is 0 Å². The van der Waals surface area contributed by atoms with Crippen molar-refractivity contribution < 1.29 is 9.53 Å². The molecule has 0 aromatic heterocycles. The van der Waals surface area contributed by atoms with E-state index in [0.29, 0.717) is 19.1 Å². The zero-order valence-corrected chi connectivity index (χ0v) is 13.5. The highest BCUT2D eigenvalue weighted by Crippen LogP contribution is 2.21. The highest BCUT2D eigenvalue weighted by molar-refractivity contribution is 5.82. The van der Waals surface area contributed by atoms with Crippen LogP contribution in [0.2, 0.25) is 0 Å². The average molecular weight is 305 g/mol. The SMILES string of the molecule is CC(C)COCCCNC(=O)C1CC(c2ccccc2)NN1. The van der Waals surface area contributed by atoms with Crippen LogP contribution in [-0.2, 0) is 9.53 Å². The van der Waals surface area contributed by atoms with Crippen molar-refractivity contribution >= 4 is 5.91 Å². The molecule has 1 aliphatic rings. The summed E-state index contributed by atoms with van der Waals surface area (Å²) < 4.78 is 5.50. The van der Waals surface area contributed by atoms with Crippen LogP contribution in [0.15, 0.2) is 30.3 Å². The number of hydrogen-bond acceptors (Lipinski definition) is 4. The number of carbonyl (C=O) groups excluding carboxylic acids is 1. The van der Waals surface area contributed by atoms with Crippen LogP contribution in [0.25, 0.3) is 0 Å². The largest absolute Gasteiger partial charge is 0.381 e. The molecule has 5 heteroatoms. The topological polar surface area (TPSA) is 62.4 Å². The Morgan fingerprint density at radius 3 is 2.82 bits per heavy atom. The van der Waals surface area contributed by atoms with E-state index in [2.05, 4.69) is 42.1 Å². The third-order valence-corrected chi connectivity index (χ3v) is 3.64. The molecule has 1 amide bonds. The van der Waals surface area contributed by atoms with E-state index in [-0.39, 0.29) is 18.0 Å². The van der Waals surface area contributed by atoms with Crippen LogP contribution in [-0.4, -0.2) is 31.7 Å². The maximum atomic E-state index is 12.1. The molecule has 0 aliphatic carbocycles. The molecule has 1 aromatic rings. The number of hydrazine groups is 1. The van der Waals surface area contributed by atoms with E-state index in [4.69, 9.17) is 4.74 Å². The second kappa shape index (κ2) is 8.88. The Hall–Kier alpha value is -1.43. The Kier molecular flexibility index (Phi) is 6.83. The van der Waals surface area contributed by atoms with Gasteiger partial charge in [0.2, 0.25) is 5.91 Å². The summed E-state index contributed by atoms with van der Waals surface area (Å²) in [4.78, 5) is 12.1. The lowest BCUT2D eigenvalue weighted by molar-refractivity contribution is -0.122. The van der Waals surface area contributed by atoms with Crippen LogP contribution in [0.1, 0.15) is 38.3 Å². The summed E-state index contributed by atoms with van der Waals surface area (Å²) in [5, 5.41) is 2.96. The molecule has 0 bridgehead atoms. The highest BCUT2D eigenvalue weighted by Gasteiger charge is 2.29. The zero-order valence-electron chi connectivity index (χ0n) is 13.5. The number of benzene rings is 1. The Morgan fingerprint density at radius 1 is 1.32 bits per heavy atom. The fourth-order valence-corrected chi connectivity index (χ4v) is 2.46. The van der Waals surface area contributed by atoms with E-state index in [1.165, 1.54) is 5.56 Å². The van der Waals surface area contributed by atoms with Crippen LogP contribution in [0.3, 0.4) is 0 Å². The van der Waals surface area contributed by atoms with Crippen molar-refractivity contribution in [2.45, 2.75) is 38.8 Å². The number of rotatable bonds is 8. The van der Waals surface area contributed by atoms with Crippen molar-refractivity contribution in [1.29, 1.82) is 0 Å². The van der Waals surface area contributed by atoms with E-state index in [1.54, 1.807) is 0 Å². The molecule has 2 rings (SSSR count). The molecule has 0 radical (unpaired) electrons. The lowest BCUT2D eigenvalue weighted by Crippen LogP contribution is -2.43. The molecule has 0 saturated carbocycles. The third-order valence-electron chi connectivity index (χ3n) is 3.64. The highest BCUT2D eigenvalue weighted by atomic mass is 16.5. The molecule has 122 valence electrons. The summed E-state index contributed by atoms with van der Waals surface area (Å²) in [7, 11) is 0. The van der Waals surface area contributed by atoms with E-state index >= 15 is 0 Å². The van der Waals surface area contributed by atoms with Crippen LogP contribution in [0.4, 0.5) is 0 Å². The number of hydrogen-bond donors (Lipinski definition) is 3. The first-order chi connectivity index (χ1) is 10.7. The van der Waals surface area contributed by atoms with Gasteiger partial charge in [0.05, 0.1) is 0 Å². The predicted octanol–water partition coefficient (Wildman–Crippen LogP) is 1.77. The van der Waals surface area contributed by atoms with Gasteiger partial charge in [-0.2, -0.15) is 0 Å². The van der Waals surface area contributed by atoms with Gasteiger partial charge < -0.3 is 10.1 Å². The smallest absolute Gasteiger partial charge is 0.238 e. The normalized spacial score (nSPS) is 21.2. The first-order valence-corrected chi connectivity index (χ1v) is 8.08. The second-order valence-corrected chi connectivity index (χ2v) is 6.15. The van der Waals surface area contributed by atoms with E-state index in [1.807, 2.05) is 18.2 Å². The molecule has 3 N–H and O–H groups in total. The fourth-order valence-electron chi connectivity index (χ4n) is 2.46. The predicted molar refractivity (Wildman–Crippen MR) is 87.1 cm³/mol. The Labute approximate surface area is 132 Å². The van der Waals surface area contributed by atoms with Gasteiger partial charge in [-0.05, 0) is 24.3 Å². The van der Waals surface area contributed by atoms with Crippen molar-refractivity contribution in [1.82, 2.24) is 16.2 Å². The van der Waals surface area contributed by atoms with Gasteiger partial charge in [-0.3, -0.25) is 4.79 Å². The molecule has 1 aromatic carbocycles. The fraction of sp³-hybridized carbons (Fsp3) is 0.588. The van der Waals surface area contributed by atoms with Gasteiger partial charge in [0.25, 0.3) is 0 Å². The molecule has 22 heavy (non-hydrogen) atoms. The van der Waals surface area contributed by atoms with Gasteiger partial charge in [0.1, 0.15) is 6.04 Å². The van der Waals surface area contributed by atoms with E-state index < -0.39 is 0 Å². The monoisotopic (exact) mass is 305 g/mol. The lowest BCUT2D eigenvalue weighted by Gasteiger charge is -2.11. The van der Waals surface area contributed by atoms with E-state index in [0.717, 1.165) is 19.4 Å². The molecule has 1 aliphatic heterocycles. The maximum absolute atomic E-state index is 12.1. The standard InChI is InChI=1S/C17H27N3O2/c1-13(2)12-22-10-6-9-18-17(21)16-11-15(19-20-16)14-7-4-3-5-8-14/h3-5,7-8,13,15-16,19-20H,6,9-12H2,1-2H3,(H,18,21). The molecule has 0 spiro atoms. The minimum atomic E-state index is -0.179. The molecule has 2 atom stereocenters. The summed E-state index contributed by atoms with van der Waals surface area (Å²) in [6.07, 6.45) is 1.61. The van der Waals surface area contributed by atoms with Crippen molar-refractivity contribution in [3.8, 4) is 0 Å². The first-order valence-electron chi connectivity index (χ1n) is 8.08. The Balaban J connectivity index is 1.63. The molecule has 1 fully saturated rings. The molecular formula is C17H27N3O2. The summed E-state index contributed by atoms with van der Waals surface area (Å²) in [5.74, 6) is 0.605. The first kappa shape index (κ1) is 16.9. The van der Waals surface area contributed by atoms with Gasteiger partial charge in [-0.25, -0.2) is 10.9 Å². The Bertz CT molecular complexity index is 450. The van der Waals surface area contributed by atoms with Crippen LogP contribution >= 0.6 is 0 Å².